The summed E-state index contributed by atoms with van der Waals surface area (Å²) in [6.07, 6.45) is 2.18. The molecular weight excluding hydrogens is 408 g/mol. The number of likely N-dealkylation sites (tertiary alicyclic amines) is 1. The van der Waals surface area contributed by atoms with Crippen LogP contribution in [0.1, 0.15) is 35.1 Å². The molecule has 170 valence electrons. The van der Waals surface area contributed by atoms with Crippen molar-refractivity contribution in [1.82, 2.24) is 4.90 Å². The zero-order valence-corrected chi connectivity index (χ0v) is 19.5. The van der Waals surface area contributed by atoms with E-state index < -0.39 is 5.41 Å². The normalized spacial score (nSPS) is 15.3. The summed E-state index contributed by atoms with van der Waals surface area (Å²) in [7, 11) is 0. The molecule has 1 saturated heterocycles. The predicted octanol–water partition coefficient (Wildman–Crippen LogP) is 4.85. The summed E-state index contributed by atoms with van der Waals surface area (Å²) in [5, 5.41) is 0. The van der Waals surface area contributed by atoms with Crippen LogP contribution in [0.15, 0.2) is 72.8 Å². The average Bonchev–Trinajstić information content (AvgIpc) is 2.81. The molecule has 0 atom stereocenters. The Morgan fingerprint density at radius 2 is 1.58 bits per heavy atom. The summed E-state index contributed by atoms with van der Waals surface area (Å²) in [6.45, 7) is 5.27. The molecule has 0 radical (unpaired) electrons. The molecule has 0 saturated carbocycles. The molecule has 0 aromatic heterocycles. The van der Waals surface area contributed by atoms with E-state index in [1.807, 2.05) is 54.3 Å². The largest absolute Gasteiger partial charge is 0.369 e. The molecule has 4 nitrogen and oxygen atoms in total. The van der Waals surface area contributed by atoms with Gasteiger partial charge in [-0.1, -0.05) is 78.4 Å². The number of nitrogens with zero attached hydrogens (tertiary/aromatic N) is 1. The van der Waals surface area contributed by atoms with Gasteiger partial charge in [-0.3, -0.25) is 9.59 Å². The summed E-state index contributed by atoms with van der Waals surface area (Å²) in [5.74, 6) is -0.159. The van der Waals surface area contributed by atoms with E-state index in [0.717, 1.165) is 16.7 Å². The molecule has 0 aliphatic carbocycles. The number of rotatable bonds is 6. The summed E-state index contributed by atoms with van der Waals surface area (Å²) in [6, 6.07) is 24.8. The van der Waals surface area contributed by atoms with Gasteiger partial charge in [0.05, 0.1) is 11.8 Å². The number of hydrogen-bond donors (Lipinski definition) is 1. The van der Waals surface area contributed by atoms with Gasteiger partial charge in [0.2, 0.25) is 11.8 Å². The third-order valence-corrected chi connectivity index (χ3v) is 7.00. The molecule has 1 aliphatic rings. The second kappa shape index (κ2) is 9.62. The van der Waals surface area contributed by atoms with Crippen LogP contribution in [-0.4, -0.2) is 29.8 Å². The maximum Gasteiger partial charge on any atom is 0.226 e. The molecule has 1 aliphatic heterocycles. The molecule has 0 spiro atoms. The van der Waals surface area contributed by atoms with Crippen molar-refractivity contribution in [2.24, 2.45) is 11.1 Å². The molecule has 0 bridgehead atoms. The second-order valence-electron chi connectivity index (χ2n) is 9.38. The Balaban J connectivity index is 1.46. The van der Waals surface area contributed by atoms with Crippen LogP contribution in [0.25, 0.3) is 11.1 Å². The van der Waals surface area contributed by atoms with Crippen LogP contribution in [0.4, 0.5) is 0 Å². The van der Waals surface area contributed by atoms with Crippen LogP contribution in [0.2, 0.25) is 0 Å². The zero-order chi connectivity index (χ0) is 23.4. The Bertz CT molecular complexity index is 1140. The first-order chi connectivity index (χ1) is 15.9. The van der Waals surface area contributed by atoms with Gasteiger partial charge >= 0.3 is 0 Å². The number of nitrogens with two attached hydrogens (primary N) is 1. The van der Waals surface area contributed by atoms with Crippen molar-refractivity contribution in [2.75, 3.05) is 13.1 Å². The van der Waals surface area contributed by atoms with Gasteiger partial charge in [0.15, 0.2) is 0 Å². The number of carbonyl (C=O) groups excluding carboxylic acids is 2. The Hall–Kier alpha value is -3.40. The van der Waals surface area contributed by atoms with Crippen LogP contribution in [0.3, 0.4) is 0 Å². The maximum absolute atomic E-state index is 12.8. The first kappa shape index (κ1) is 22.8. The molecule has 1 heterocycles. The predicted molar refractivity (Wildman–Crippen MR) is 133 cm³/mol. The minimum absolute atomic E-state index is 0.110. The van der Waals surface area contributed by atoms with Crippen LogP contribution in [-0.2, 0) is 22.4 Å². The van der Waals surface area contributed by atoms with Gasteiger partial charge in [0, 0.05) is 13.1 Å². The molecule has 2 N–H and O–H groups in total. The Kier molecular flexibility index (Phi) is 6.64. The van der Waals surface area contributed by atoms with Gasteiger partial charge in [0.1, 0.15) is 0 Å². The van der Waals surface area contributed by atoms with Gasteiger partial charge < -0.3 is 10.6 Å². The Morgan fingerprint density at radius 3 is 2.24 bits per heavy atom. The van der Waals surface area contributed by atoms with E-state index in [-0.39, 0.29) is 11.8 Å². The number of primary amides is 1. The van der Waals surface area contributed by atoms with E-state index in [0.29, 0.717) is 38.8 Å². The fourth-order valence-electron chi connectivity index (χ4n) is 4.82. The standard InChI is InChI=1S/C29H32N2O2/c1-21-10-12-23(13-11-21)19-27(32)31-16-14-29(15-17-31,28(30)33)20-24-7-5-8-25(18-24)26-9-4-3-6-22(26)2/h3-13,18H,14-17,19-20H2,1-2H3,(H2,30,33). The minimum Gasteiger partial charge on any atom is -0.369 e. The lowest BCUT2D eigenvalue weighted by atomic mass is 9.73. The van der Waals surface area contributed by atoms with E-state index in [9.17, 15) is 9.59 Å². The minimum atomic E-state index is -0.620. The maximum atomic E-state index is 12.8. The van der Waals surface area contributed by atoms with Gasteiger partial charge in [-0.15, -0.1) is 0 Å². The summed E-state index contributed by atoms with van der Waals surface area (Å²) in [4.78, 5) is 27.3. The smallest absolute Gasteiger partial charge is 0.226 e. The third kappa shape index (κ3) is 5.16. The lowest BCUT2D eigenvalue weighted by molar-refractivity contribution is -0.138. The quantitative estimate of drug-likeness (QED) is 0.596. The zero-order valence-electron chi connectivity index (χ0n) is 19.5. The van der Waals surface area contributed by atoms with Gasteiger partial charge in [-0.2, -0.15) is 0 Å². The highest BCUT2D eigenvalue weighted by molar-refractivity contribution is 5.83. The summed E-state index contributed by atoms with van der Waals surface area (Å²) in [5.41, 5.74) is 12.2. The van der Waals surface area contributed by atoms with Crippen LogP contribution < -0.4 is 5.73 Å². The van der Waals surface area contributed by atoms with Crippen molar-refractivity contribution in [3.8, 4) is 11.1 Å². The van der Waals surface area contributed by atoms with Crippen molar-refractivity contribution < 1.29 is 9.59 Å². The SMILES string of the molecule is Cc1ccc(CC(=O)N2CCC(Cc3cccc(-c4ccccc4C)c3)(C(N)=O)CC2)cc1. The van der Waals surface area contributed by atoms with Crippen LogP contribution in [0, 0.1) is 19.3 Å². The third-order valence-electron chi connectivity index (χ3n) is 7.00. The van der Waals surface area contributed by atoms with Gasteiger partial charge in [-0.05, 0) is 60.9 Å². The van der Waals surface area contributed by atoms with Crippen LogP contribution >= 0.6 is 0 Å². The van der Waals surface area contributed by atoms with Gasteiger partial charge in [0.25, 0.3) is 0 Å². The average molecular weight is 441 g/mol. The van der Waals surface area contributed by atoms with E-state index in [4.69, 9.17) is 5.73 Å². The highest BCUT2D eigenvalue weighted by Gasteiger charge is 2.40. The van der Waals surface area contributed by atoms with Gasteiger partial charge in [-0.25, -0.2) is 0 Å². The van der Waals surface area contributed by atoms with E-state index in [1.165, 1.54) is 16.7 Å². The Labute approximate surface area is 196 Å². The summed E-state index contributed by atoms with van der Waals surface area (Å²) >= 11 is 0. The fourth-order valence-corrected chi connectivity index (χ4v) is 4.82. The van der Waals surface area contributed by atoms with Crippen molar-refractivity contribution in [3.63, 3.8) is 0 Å². The lowest BCUT2D eigenvalue weighted by Crippen LogP contribution is -2.50. The molecular formula is C29H32N2O2. The van der Waals surface area contributed by atoms with Crippen molar-refractivity contribution >= 4 is 11.8 Å². The molecule has 1 fully saturated rings. The lowest BCUT2D eigenvalue weighted by Gasteiger charge is -2.40. The first-order valence-corrected chi connectivity index (χ1v) is 11.6. The number of hydrogen-bond acceptors (Lipinski definition) is 2. The number of benzene rings is 3. The molecule has 4 rings (SSSR count). The number of amides is 2. The first-order valence-electron chi connectivity index (χ1n) is 11.6. The number of carbonyl (C=O) groups is 2. The number of piperidine rings is 1. The van der Waals surface area contributed by atoms with Crippen molar-refractivity contribution in [1.29, 1.82) is 0 Å². The molecule has 4 heteroatoms. The van der Waals surface area contributed by atoms with E-state index in [1.54, 1.807) is 0 Å². The fraction of sp³-hybridized carbons (Fsp3) is 0.310. The molecule has 0 unspecified atom stereocenters. The highest BCUT2D eigenvalue weighted by atomic mass is 16.2. The molecule has 2 amide bonds. The van der Waals surface area contributed by atoms with Crippen molar-refractivity contribution in [3.05, 3.63) is 95.1 Å². The van der Waals surface area contributed by atoms with Crippen molar-refractivity contribution in [2.45, 2.75) is 39.5 Å². The van der Waals surface area contributed by atoms with E-state index >= 15 is 0 Å². The topological polar surface area (TPSA) is 63.4 Å². The second-order valence-corrected chi connectivity index (χ2v) is 9.38. The highest BCUT2D eigenvalue weighted by Crippen LogP contribution is 2.36. The van der Waals surface area contributed by atoms with Crippen LogP contribution in [0.5, 0.6) is 0 Å². The number of aryl methyl sites for hydroxylation is 2. The molecule has 3 aromatic rings. The monoisotopic (exact) mass is 440 g/mol. The molecule has 33 heavy (non-hydrogen) atoms. The van der Waals surface area contributed by atoms with E-state index in [2.05, 4.69) is 37.3 Å². The molecule has 3 aromatic carbocycles. The Morgan fingerprint density at radius 1 is 0.879 bits per heavy atom. The summed E-state index contributed by atoms with van der Waals surface area (Å²) < 4.78 is 0.